The summed E-state index contributed by atoms with van der Waals surface area (Å²) in [5.74, 6) is 2.11. The third-order valence-corrected chi connectivity index (χ3v) is 6.48. The Morgan fingerprint density at radius 2 is 2.03 bits per heavy atom. The molecule has 1 saturated heterocycles. The lowest BCUT2D eigenvalue weighted by molar-refractivity contribution is -0.126. The Morgan fingerprint density at radius 1 is 1.18 bits per heavy atom. The van der Waals surface area contributed by atoms with Crippen LogP contribution in [0.3, 0.4) is 0 Å². The topological polar surface area (TPSA) is 60.9 Å². The fourth-order valence-corrected chi connectivity index (χ4v) is 4.64. The van der Waals surface area contributed by atoms with E-state index in [1.165, 1.54) is 0 Å². The highest BCUT2D eigenvalue weighted by Gasteiger charge is 2.29. The van der Waals surface area contributed by atoms with Crippen molar-refractivity contribution in [3.8, 4) is 17.2 Å². The molecule has 6 nitrogen and oxygen atoms in total. The second-order valence-corrected chi connectivity index (χ2v) is 8.92. The van der Waals surface area contributed by atoms with Gasteiger partial charge in [0.1, 0.15) is 12.4 Å². The van der Waals surface area contributed by atoms with E-state index >= 15 is 0 Å². The van der Waals surface area contributed by atoms with Crippen LogP contribution in [0.15, 0.2) is 53.9 Å². The summed E-state index contributed by atoms with van der Waals surface area (Å²) in [6, 6.07) is 13.6. The fraction of sp³-hybridized carbons (Fsp3) is 0.308. The summed E-state index contributed by atoms with van der Waals surface area (Å²) in [5.41, 5.74) is 2.89. The van der Waals surface area contributed by atoms with Gasteiger partial charge in [0, 0.05) is 18.0 Å². The summed E-state index contributed by atoms with van der Waals surface area (Å²) < 4.78 is 16.6. The summed E-state index contributed by atoms with van der Waals surface area (Å²) in [5, 5.41) is 3.03. The normalized spacial score (nSPS) is 15.7. The van der Waals surface area contributed by atoms with Crippen molar-refractivity contribution in [2.45, 2.75) is 32.4 Å². The molecule has 33 heavy (non-hydrogen) atoms. The minimum atomic E-state index is -0.00319. The monoisotopic (exact) mass is 464 g/mol. The molecule has 1 aliphatic rings. The van der Waals surface area contributed by atoms with E-state index in [9.17, 15) is 4.79 Å². The Labute approximate surface area is 198 Å². The lowest BCUT2D eigenvalue weighted by atomic mass is 10.0. The molecule has 7 heteroatoms. The predicted octanol–water partition coefficient (Wildman–Crippen LogP) is 5.42. The zero-order valence-electron chi connectivity index (χ0n) is 19.1. The summed E-state index contributed by atoms with van der Waals surface area (Å²) in [6.45, 7) is 3.14. The first-order valence-electron chi connectivity index (χ1n) is 10.9. The van der Waals surface area contributed by atoms with Crippen molar-refractivity contribution in [1.29, 1.82) is 0 Å². The first-order chi connectivity index (χ1) is 16.1. The minimum Gasteiger partial charge on any atom is -0.493 e. The van der Waals surface area contributed by atoms with Gasteiger partial charge in [0.15, 0.2) is 11.5 Å². The predicted molar refractivity (Wildman–Crippen MR) is 130 cm³/mol. The molecule has 4 rings (SSSR count). The molecule has 1 aliphatic heterocycles. The van der Waals surface area contributed by atoms with Crippen LogP contribution in [0.25, 0.3) is 6.08 Å². The number of rotatable bonds is 8. The average Bonchev–Trinajstić information content (AvgIpc) is 3.50. The number of nitrogens with zero attached hydrogens (tertiary/aromatic N) is 2. The second-order valence-electron chi connectivity index (χ2n) is 7.86. The molecule has 0 bridgehead atoms. The molecule has 2 aromatic carbocycles. The van der Waals surface area contributed by atoms with Gasteiger partial charge in [-0.05, 0) is 61.2 Å². The number of carbonyl (C=O) groups is 1. The number of benzene rings is 2. The van der Waals surface area contributed by atoms with E-state index in [0.29, 0.717) is 18.1 Å². The van der Waals surface area contributed by atoms with Gasteiger partial charge in [-0.25, -0.2) is 4.98 Å². The number of thiazole rings is 1. The van der Waals surface area contributed by atoms with Crippen molar-refractivity contribution in [3.63, 3.8) is 0 Å². The number of aryl methyl sites for hydroxylation is 1. The zero-order valence-corrected chi connectivity index (χ0v) is 19.9. The van der Waals surface area contributed by atoms with Gasteiger partial charge in [-0.2, -0.15) is 0 Å². The lowest BCUT2D eigenvalue weighted by Gasteiger charge is -2.24. The van der Waals surface area contributed by atoms with Gasteiger partial charge in [-0.1, -0.05) is 18.2 Å². The minimum absolute atomic E-state index is 0.00319. The van der Waals surface area contributed by atoms with Crippen LogP contribution < -0.4 is 14.2 Å². The molecule has 0 radical (unpaired) electrons. The smallest absolute Gasteiger partial charge is 0.247 e. The third kappa shape index (κ3) is 5.54. The fourth-order valence-electron chi connectivity index (χ4n) is 4.04. The van der Waals surface area contributed by atoms with Crippen molar-refractivity contribution < 1.29 is 19.0 Å². The van der Waals surface area contributed by atoms with E-state index in [2.05, 4.69) is 4.98 Å². The van der Waals surface area contributed by atoms with E-state index in [4.69, 9.17) is 14.2 Å². The van der Waals surface area contributed by atoms with E-state index in [-0.39, 0.29) is 11.9 Å². The highest BCUT2D eigenvalue weighted by Crippen LogP contribution is 2.37. The van der Waals surface area contributed by atoms with Crippen LogP contribution in [-0.2, 0) is 11.4 Å². The Bertz CT molecular complexity index is 1140. The second kappa shape index (κ2) is 10.5. The van der Waals surface area contributed by atoms with Crippen molar-refractivity contribution in [3.05, 3.63) is 75.7 Å². The molecular formula is C26H28N2O4S. The molecule has 1 unspecified atom stereocenters. The molecular weight excluding hydrogens is 436 g/mol. The highest BCUT2D eigenvalue weighted by molar-refractivity contribution is 7.09. The summed E-state index contributed by atoms with van der Waals surface area (Å²) in [6.07, 6.45) is 5.38. The molecule has 0 saturated carbocycles. The SMILES string of the molecule is COc1ccc(C2CCCN2C(=O)/C=C/c2cccc(OCc3csc(C)n3)c2)cc1OC. The standard InChI is InChI=1S/C26H28N2O4S/c1-18-27-21(17-33-18)16-32-22-7-4-6-19(14-22)9-12-26(29)28-13-5-8-23(28)20-10-11-24(30-2)25(15-20)31-3/h4,6-7,9-12,14-15,17,23H,5,8,13,16H2,1-3H3/b12-9+. The number of amides is 1. The van der Waals surface area contributed by atoms with E-state index in [1.54, 1.807) is 31.6 Å². The molecule has 1 fully saturated rings. The quantitative estimate of drug-likeness (QED) is 0.416. The third-order valence-electron chi connectivity index (χ3n) is 5.66. The summed E-state index contributed by atoms with van der Waals surface area (Å²) in [7, 11) is 3.24. The number of aromatic nitrogens is 1. The maximum atomic E-state index is 13.0. The zero-order chi connectivity index (χ0) is 23.2. The highest BCUT2D eigenvalue weighted by atomic mass is 32.1. The molecule has 0 N–H and O–H groups in total. The van der Waals surface area contributed by atoms with Crippen molar-refractivity contribution in [2.75, 3.05) is 20.8 Å². The van der Waals surface area contributed by atoms with Crippen LogP contribution in [0.4, 0.5) is 0 Å². The number of ether oxygens (including phenoxy) is 3. The first-order valence-corrected chi connectivity index (χ1v) is 11.8. The Morgan fingerprint density at radius 3 is 2.79 bits per heavy atom. The van der Waals surface area contributed by atoms with Crippen LogP contribution in [0.1, 0.15) is 40.7 Å². The summed E-state index contributed by atoms with van der Waals surface area (Å²) >= 11 is 1.61. The molecule has 1 amide bonds. The molecule has 2 heterocycles. The van der Waals surface area contributed by atoms with Gasteiger partial charge in [-0.3, -0.25) is 4.79 Å². The Kier molecular flexibility index (Phi) is 7.29. The number of carbonyl (C=O) groups excluding carboxylic acids is 1. The largest absolute Gasteiger partial charge is 0.493 e. The maximum Gasteiger partial charge on any atom is 0.247 e. The number of likely N-dealkylation sites (tertiary alicyclic amines) is 1. The number of hydrogen-bond acceptors (Lipinski definition) is 6. The molecule has 1 aromatic heterocycles. The van der Waals surface area contributed by atoms with Gasteiger partial charge < -0.3 is 19.1 Å². The molecule has 3 aromatic rings. The van der Waals surface area contributed by atoms with Gasteiger partial charge in [0.05, 0.1) is 31.0 Å². The molecule has 1 atom stereocenters. The van der Waals surface area contributed by atoms with Crippen LogP contribution in [0.5, 0.6) is 17.2 Å². The van der Waals surface area contributed by atoms with Crippen LogP contribution >= 0.6 is 11.3 Å². The van der Waals surface area contributed by atoms with Crippen LogP contribution in [0, 0.1) is 6.92 Å². The van der Waals surface area contributed by atoms with Gasteiger partial charge in [0.2, 0.25) is 5.91 Å². The van der Waals surface area contributed by atoms with Crippen molar-refractivity contribution in [1.82, 2.24) is 9.88 Å². The lowest BCUT2D eigenvalue weighted by Crippen LogP contribution is -2.28. The molecule has 0 spiro atoms. The van der Waals surface area contributed by atoms with Gasteiger partial charge in [-0.15, -0.1) is 11.3 Å². The van der Waals surface area contributed by atoms with E-state index < -0.39 is 0 Å². The van der Waals surface area contributed by atoms with Crippen molar-refractivity contribution >= 4 is 23.3 Å². The van der Waals surface area contributed by atoms with Gasteiger partial charge in [0.25, 0.3) is 0 Å². The van der Waals surface area contributed by atoms with E-state index in [1.807, 2.05) is 65.7 Å². The maximum absolute atomic E-state index is 13.0. The average molecular weight is 465 g/mol. The van der Waals surface area contributed by atoms with E-state index in [0.717, 1.165) is 47.0 Å². The number of hydrogen-bond donors (Lipinski definition) is 0. The Balaban J connectivity index is 1.42. The van der Waals surface area contributed by atoms with Crippen LogP contribution in [-0.4, -0.2) is 36.6 Å². The van der Waals surface area contributed by atoms with Crippen molar-refractivity contribution in [2.24, 2.45) is 0 Å². The number of methoxy groups -OCH3 is 2. The Hall–Kier alpha value is -3.32. The van der Waals surface area contributed by atoms with Crippen LogP contribution in [0.2, 0.25) is 0 Å². The molecule has 172 valence electrons. The molecule has 0 aliphatic carbocycles. The first kappa shape index (κ1) is 22.9. The van der Waals surface area contributed by atoms with Gasteiger partial charge >= 0.3 is 0 Å². The summed E-state index contributed by atoms with van der Waals surface area (Å²) in [4.78, 5) is 19.4.